The van der Waals surface area contributed by atoms with Gasteiger partial charge in [0.25, 0.3) is 6.01 Å². The summed E-state index contributed by atoms with van der Waals surface area (Å²) in [6.07, 6.45) is 0. The van der Waals surface area contributed by atoms with E-state index in [0.29, 0.717) is 0 Å². The van der Waals surface area contributed by atoms with Crippen molar-refractivity contribution in [3.8, 4) is 11.3 Å². The molecule has 0 aliphatic carbocycles. The average molecular weight is 216 g/mol. The van der Waals surface area contributed by atoms with Crippen molar-refractivity contribution in [2.24, 2.45) is 0 Å². The van der Waals surface area contributed by atoms with Crippen molar-refractivity contribution in [3.63, 3.8) is 0 Å². The van der Waals surface area contributed by atoms with E-state index in [0.717, 1.165) is 17.0 Å². The molecule has 0 aliphatic rings. The van der Waals surface area contributed by atoms with Gasteiger partial charge in [0.05, 0.1) is 5.69 Å². The number of nitrogen functional groups attached to an aromatic ring is 1. The Bertz CT molecular complexity index is 518. The highest BCUT2D eigenvalue weighted by molar-refractivity contribution is 5.69. The zero-order valence-corrected chi connectivity index (χ0v) is 10.1. The Morgan fingerprint density at radius 3 is 2.06 bits per heavy atom. The van der Waals surface area contributed by atoms with Crippen molar-refractivity contribution in [2.75, 3.05) is 5.73 Å². The molecule has 0 spiro atoms. The molecule has 0 bridgehead atoms. The number of hydrogen-bond donors (Lipinski definition) is 1. The molecule has 0 saturated carbocycles. The van der Waals surface area contributed by atoms with Crippen LogP contribution in [0.3, 0.4) is 0 Å². The van der Waals surface area contributed by atoms with Crippen LogP contribution >= 0.6 is 0 Å². The molecule has 1 heterocycles. The van der Waals surface area contributed by atoms with E-state index in [-0.39, 0.29) is 6.01 Å². The Hall–Kier alpha value is -1.77. The number of nitrogens with two attached hydrogens (primary N) is 1. The normalized spacial score (nSPS) is 10.8. The molecule has 3 nitrogen and oxygen atoms in total. The summed E-state index contributed by atoms with van der Waals surface area (Å²) >= 11 is 0. The molecule has 0 amide bonds. The quantitative estimate of drug-likeness (QED) is 0.796. The van der Waals surface area contributed by atoms with E-state index in [2.05, 4.69) is 37.9 Å². The Kier molecular flexibility index (Phi) is 2.46. The summed E-state index contributed by atoms with van der Waals surface area (Å²) in [5, 5.41) is 0. The maximum atomic E-state index is 5.57. The number of aryl methyl sites for hydroxylation is 4. The van der Waals surface area contributed by atoms with Gasteiger partial charge in [-0.25, -0.2) is 0 Å². The van der Waals surface area contributed by atoms with Gasteiger partial charge in [-0.3, -0.25) is 0 Å². The van der Waals surface area contributed by atoms with Crippen molar-refractivity contribution >= 4 is 6.01 Å². The molecule has 0 atom stereocenters. The minimum atomic E-state index is 0.229. The molecule has 3 heteroatoms. The van der Waals surface area contributed by atoms with E-state index in [9.17, 15) is 0 Å². The Balaban J connectivity index is 2.69. The first kappa shape index (κ1) is 10.7. The molecule has 2 aromatic rings. The summed E-state index contributed by atoms with van der Waals surface area (Å²) in [7, 11) is 0. The van der Waals surface area contributed by atoms with E-state index in [4.69, 9.17) is 10.2 Å². The monoisotopic (exact) mass is 216 g/mol. The molecule has 16 heavy (non-hydrogen) atoms. The van der Waals surface area contributed by atoms with E-state index in [1.54, 1.807) is 0 Å². The largest absolute Gasteiger partial charge is 0.423 e. The van der Waals surface area contributed by atoms with Crippen molar-refractivity contribution in [1.82, 2.24) is 4.98 Å². The van der Waals surface area contributed by atoms with Crippen LogP contribution in [0.4, 0.5) is 6.01 Å². The molecule has 0 radical (unpaired) electrons. The SMILES string of the molecule is Cc1cc(C)c(-c2oc(N)nc2C)c(C)c1. The third kappa shape index (κ3) is 1.69. The van der Waals surface area contributed by atoms with Gasteiger partial charge in [0.15, 0.2) is 5.76 Å². The van der Waals surface area contributed by atoms with Crippen molar-refractivity contribution in [1.29, 1.82) is 0 Å². The third-order valence-electron chi connectivity index (χ3n) is 2.72. The first-order valence-electron chi connectivity index (χ1n) is 5.30. The number of nitrogens with zero attached hydrogens (tertiary/aromatic N) is 1. The molecule has 1 aromatic carbocycles. The minimum absolute atomic E-state index is 0.229. The molecule has 2 N–H and O–H groups in total. The summed E-state index contributed by atoms with van der Waals surface area (Å²) in [5.74, 6) is 0.785. The molecule has 2 rings (SSSR count). The predicted octanol–water partition coefficient (Wildman–Crippen LogP) is 3.16. The summed E-state index contributed by atoms with van der Waals surface area (Å²) < 4.78 is 5.47. The van der Waals surface area contributed by atoms with E-state index in [1.165, 1.54) is 16.7 Å². The number of anilines is 1. The van der Waals surface area contributed by atoms with Gasteiger partial charge in [-0.2, -0.15) is 4.98 Å². The van der Waals surface area contributed by atoms with Crippen LogP contribution < -0.4 is 5.73 Å². The zero-order chi connectivity index (χ0) is 11.9. The molecule has 0 unspecified atom stereocenters. The van der Waals surface area contributed by atoms with Gasteiger partial charge >= 0.3 is 0 Å². The molecule has 0 fully saturated rings. The van der Waals surface area contributed by atoms with Crippen LogP contribution in [0.1, 0.15) is 22.4 Å². The number of aromatic nitrogens is 1. The second-order valence-corrected chi connectivity index (χ2v) is 4.24. The molecule has 0 aliphatic heterocycles. The van der Waals surface area contributed by atoms with Crippen LogP contribution in [-0.2, 0) is 0 Å². The second kappa shape index (κ2) is 3.67. The number of hydrogen-bond acceptors (Lipinski definition) is 3. The lowest BCUT2D eigenvalue weighted by Crippen LogP contribution is -1.90. The highest BCUT2D eigenvalue weighted by Crippen LogP contribution is 2.31. The Morgan fingerprint density at radius 2 is 1.62 bits per heavy atom. The first-order chi connectivity index (χ1) is 7.49. The van der Waals surface area contributed by atoms with Crippen LogP contribution in [0.5, 0.6) is 0 Å². The van der Waals surface area contributed by atoms with Crippen molar-refractivity contribution < 1.29 is 4.42 Å². The fourth-order valence-electron chi connectivity index (χ4n) is 2.19. The van der Waals surface area contributed by atoms with Crippen molar-refractivity contribution in [2.45, 2.75) is 27.7 Å². The fraction of sp³-hybridized carbons (Fsp3) is 0.308. The number of oxazole rings is 1. The second-order valence-electron chi connectivity index (χ2n) is 4.24. The van der Waals surface area contributed by atoms with Crippen LogP contribution in [0, 0.1) is 27.7 Å². The smallest absolute Gasteiger partial charge is 0.292 e. The maximum Gasteiger partial charge on any atom is 0.292 e. The number of rotatable bonds is 1. The lowest BCUT2D eigenvalue weighted by atomic mass is 9.97. The molecular formula is C13H16N2O. The van der Waals surface area contributed by atoms with Gasteiger partial charge in [0, 0.05) is 5.56 Å². The number of benzene rings is 1. The lowest BCUT2D eigenvalue weighted by Gasteiger charge is -2.09. The highest BCUT2D eigenvalue weighted by Gasteiger charge is 2.14. The van der Waals surface area contributed by atoms with Gasteiger partial charge in [-0.15, -0.1) is 0 Å². The van der Waals surface area contributed by atoms with Gasteiger partial charge in [0.2, 0.25) is 0 Å². The third-order valence-corrected chi connectivity index (χ3v) is 2.72. The zero-order valence-electron chi connectivity index (χ0n) is 10.1. The summed E-state index contributed by atoms with van der Waals surface area (Å²) in [4.78, 5) is 4.10. The first-order valence-corrected chi connectivity index (χ1v) is 5.30. The molecular weight excluding hydrogens is 200 g/mol. The lowest BCUT2D eigenvalue weighted by molar-refractivity contribution is 0.593. The highest BCUT2D eigenvalue weighted by atomic mass is 16.4. The van der Waals surface area contributed by atoms with Crippen LogP contribution in [0.15, 0.2) is 16.5 Å². The minimum Gasteiger partial charge on any atom is -0.423 e. The van der Waals surface area contributed by atoms with E-state index in [1.807, 2.05) is 6.92 Å². The van der Waals surface area contributed by atoms with Crippen molar-refractivity contribution in [3.05, 3.63) is 34.5 Å². The van der Waals surface area contributed by atoms with Gasteiger partial charge in [-0.1, -0.05) is 17.7 Å². The van der Waals surface area contributed by atoms with Crippen LogP contribution in [-0.4, -0.2) is 4.98 Å². The average Bonchev–Trinajstić information content (AvgIpc) is 2.43. The van der Waals surface area contributed by atoms with Gasteiger partial charge in [-0.05, 0) is 38.8 Å². The Morgan fingerprint density at radius 1 is 1.06 bits per heavy atom. The Labute approximate surface area is 95.3 Å². The van der Waals surface area contributed by atoms with Crippen LogP contribution in [0.25, 0.3) is 11.3 Å². The maximum absolute atomic E-state index is 5.57. The fourth-order valence-corrected chi connectivity index (χ4v) is 2.19. The summed E-state index contributed by atoms with van der Waals surface area (Å²) in [5.41, 5.74) is 11.1. The van der Waals surface area contributed by atoms with Gasteiger partial charge in [0.1, 0.15) is 0 Å². The summed E-state index contributed by atoms with van der Waals surface area (Å²) in [6, 6.07) is 4.51. The standard InChI is InChI=1S/C13H16N2O/c1-7-5-8(2)11(9(3)6-7)12-10(4)15-13(14)16-12/h5-6H,1-4H3,(H2,14,15). The topological polar surface area (TPSA) is 52.0 Å². The predicted molar refractivity (Wildman–Crippen MR) is 65.3 cm³/mol. The summed E-state index contributed by atoms with van der Waals surface area (Å²) in [6.45, 7) is 8.15. The van der Waals surface area contributed by atoms with E-state index >= 15 is 0 Å². The van der Waals surface area contributed by atoms with E-state index < -0.39 is 0 Å². The molecule has 84 valence electrons. The van der Waals surface area contributed by atoms with Gasteiger partial charge < -0.3 is 10.2 Å². The molecule has 1 aromatic heterocycles. The van der Waals surface area contributed by atoms with Crippen LogP contribution in [0.2, 0.25) is 0 Å². The molecule has 0 saturated heterocycles.